The molecule has 1 amide bonds. The molecule has 1 N–H and O–H groups in total. The number of rotatable bonds is 5. The van der Waals surface area contributed by atoms with Gasteiger partial charge in [0.05, 0.1) is 17.5 Å². The molecule has 0 radical (unpaired) electrons. The van der Waals surface area contributed by atoms with E-state index in [-0.39, 0.29) is 17.3 Å². The van der Waals surface area contributed by atoms with Crippen molar-refractivity contribution in [3.8, 4) is 5.69 Å². The fourth-order valence-electron chi connectivity index (χ4n) is 4.16. The van der Waals surface area contributed by atoms with E-state index in [1.165, 1.54) is 23.4 Å². The number of amides is 1. The van der Waals surface area contributed by atoms with Gasteiger partial charge in [0, 0.05) is 25.2 Å². The number of likely N-dealkylation sites (tertiary alicyclic amines) is 1. The molecule has 0 aliphatic carbocycles. The predicted octanol–water partition coefficient (Wildman–Crippen LogP) is 3.81. The maximum atomic E-state index is 14.1. The van der Waals surface area contributed by atoms with Crippen molar-refractivity contribution >= 4 is 5.91 Å². The molecule has 1 aromatic carbocycles. The van der Waals surface area contributed by atoms with Gasteiger partial charge in [-0.2, -0.15) is 5.10 Å². The highest BCUT2D eigenvalue weighted by atomic mass is 19.1. The van der Waals surface area contributed by atoms with E-state index >= 15 is 0 Å². The largest absolute Gasteiger partial charge is 0.350 e. The van der Waals surface area contributed by atoms with Crippen LogP contribution in [0.1, 0.15) is 50.2 Å². The first-order chi connectivity index (χ1) is 13.2. The Labute approximate surface area is 166 Å². The molecule has 1 fully saturated rings. The first-order valence-corrected chi connectivity index (χ1v) is 10.0. The molecule has 1 aromatic heterocycles. The van der Waals surface area contributed by atoms with E-state index in [2.05, 4.69) is 43.0 Å². The first kappa shape index (κ1) is 20.5. The quantitative estimate of drug-likeness (QED) is 0.850. The smallest absolute Gasteiger partial charge is 0.254 e. The lowest BCUT2D eigenvalue weighted by molar-refractivity contribution is 0.0445. The van der Waals surface area contributed by atoms with Gasteiger partial charge in [-0.15, -0.1) is 0 Å². The minimum Gasteiger partial charge on any atom is -0.350 e. The van der Waals surface area contributed by atoms with Crippen molar-refractivity contribution in [3.05, 3.63) is 47.5 Å². The third kappa shape index (κ3) is 4.27. The molecule has 0 bridgehead atoms. The summed E-state index contributed by atoms with van der Waals surface area (Å²) >= 11 is 0. The number of carbonyl (C=O) groups is 1. The molecule has 152 valence electrons. The molecule has 2 heterocycles. The van der Waals surface area contributed by atoms with Crippen molar-refractivity contribution in [1.82, 2.24) is 20.0 Å². The molecule has 2 atom stereocenters. The number of aromatic nitrogens is 2. The molecule has 1 aliphatic heterocycles. The highest BCUT2D eigenvalue weighted by Gasteiger charge is 2.33. The molecule has 3 rings (SSSR count). The second kappa shape index (κ2) is 8.03. The van der Waals surface area contributed by atoms with Gasteiger partial charge in [-0.05, 0) is 51.2 Å². The van der Waals surface area contributed by atoms with Gasteiger partial charge in [0.15, 0.2) is 0 Å². The Morgan fingerprint density at radius 1 is 1.25 bits per heavy atom. The average molecular weight is 387 g/mol. The van der Waals surface area contributed by atoms with Crippen molar-refractivity contribution in [1.29, 1.82) is 0 Å². The maximum absolute atomic E-state index is 14.1. The number of nitrogens with one attached hydrogen (secondary N) is 1. The van der Waals surface area contributed by atoms with Crippen LogP contribution in [-0.4, -0.2) is 45.8 Å². The standard InChI is InChI=1S/C22H31FN4O/c1-15-10-16(2)13-26(12-15)22(4,5)14-24-21(28)18-11-25-27(17(18)3)20-9-7-6-8-19(20)23/h6-9,11,15-16H,10,12-14H2,1-5H3,(H,24,28). The summed E-state index contributed by atoms with van der Waals surface area (Å²) < 4.78 is 15.5. The monoisotopic (exact) mass is 386 g/mol. The Hall–Kier alpha value is -2.21. The van der Waals surface area contributed by atoms with Crippen molar-refractivity contribution in [2.45, 2.75) is 46.6 Å². The molecule has 2 unspecified atom stereocenters. The lowest BCUT2D eigenvalue weighted by atomic mass is 9.88. The summed E-state index contributed by atoms with van der Waals surface area (Å²) in [6.45, 7) is 13.4. The fourth-order valence-corrected chi connectivity index (χ4v) is 4.16. The summed E-state index contributed by atoms with van der Waals surface area (Å²) in [5.41, 5.74) is 1.31. The van der Waals surface area contributed by atoms with Crippen LogP contribution < -0.4 is 5.32 Å². The van der Waals surface area contributed by atoms with Crippen molar-refractivity contribution in [2.75, 3.05) is 19.6 Å². The van der Waals surface area contributed by atoms with Gasteiger partial charge in [-0.25, -0.2) is 9.07 Å². The van der Waals surface area contributed by atoms with E-state index in [1.54, 1.807) is 25.1 Å². The summed E-state index contributed by atoms with van der Waals surface area (Å²) in [6, 6.07) is 6.43. The number of carbonyl (C=O) groups excluding carboxylic acids is 1. The Kier molecular flexibility index (Phi) is 5.89. The molecule has 0 saturated carbocycles. The predicted molar refractivity (Wildman–Crippen MR) is 109 cm³/mol. The zero-order valence-electron chi connectivity index (χ0n) is 17.5. The average Bonchev–Trinajstić information content (AvgIpc) is 3.01. The molecule has 5 nitrogen and oxygen atoms in total. The molecule has 28 heavy (non-hydrogen) atoms. The van der Waals surface area contributed by atoms with E-state index in [9.17, 15) is 9.18 Å². The zero-order valence-corrected chi connectivity index (χ0v) is 17.5. The van der Waals surface area contributed by atoms with Crippen LogP contribution in [0.25, 0.3) is 5.69 Å². The first-order valence-electron chi connectivity index (χ1n) is 10.0. The molecule has 1 saturated heterocycles. The van der Waals surface area contributed by atoms with Crippen LogP contribution in [0.2, 0.25) is 0 Å². The molecular weight excluding hydrogens is 355 g/mol. The second-order valence-corrected chi connectivity index (χ2v) is 8.85. The van der Waals surface area contributed by atoms with Crippen molar-refractivity contribution in [2.24, 2.45) is 11.8 Å². The van der Waals surface area contributed by atoms with Crippen LogP contribution in [0, 0.1) is 24.6 Å². The number of nitrogens with zero attached hydrogens (tertiary/aromatic N) is 3. The molecule has 2 aromatic rings. The van der Waals surface area contributed by atoms with Crippen LogP contribution in [-0.2, 0) is 0 Å². The van der Waals surface area contributed by atoms with Crippen LogP contribution in [0.5, 0.6) is 0 Å². The molecular formula is C22H31FN4O. The van der Waals surface area contributed by atoms with Gasteiger partial charge >= 0.3 is 0 Å². The number of halogens is 1. The number of benzene rings is 1. The Morgan fingerprint density at radius 2 is 1.89 bits per heavy atom. The third-order valence-electron chi connectivity index (χ3n) is 5.74. The number of piperidine rings is 1. The van der Waals surface area contributed by atoms with E-state index in [0.29, 0.717) is 35.3 Å². The van der Waals surface area contributed by atoms with Crippen LogP contribution >= 0.6 is 0 Å². The second-order valence-electron chi connectivity index (χ2n) is 8.85. The van der Waals surface area contributed by atoms with E-state index in [0.717, 1.165) is 13.1 Å². The summed E-state index contributed by atoms with van der Waals surface area (Å²) in [4.78, 5) is 15.3. The maximum Gasteiger partial charge on any atom is 0.254 e. The number of hydrogen-bond donors (Lipinski definition) is 1. The summed E-state index contributed by atoms with van der Waals surface area (Å²) in [7, 11) is 0. The summed E-state index contributed by atoms with van der Waals surface area (Å²) in [5, 5.41) is 7.29. The molecule has 1 aliphatic rings. The minimum atomic E-state index is -0.366. The van der Waals surface area contributed by atoms with Gasteiger partial charge in [-0.1, -0.05) is 26.0 Å². The molecule has 0 spiro atoms. The lowest BCUT2D eigenvalue weighted by Gasteiger charge is -2.45. The topological polar surface area (TPSA) is 50.2 Å². The Bertz CT molecular complexity index is 835. The zero-order chi connectivity index (χ0) is 20.5. The SMILES string of the molecule is Cc1c(C(=O)NCC(C)(C)N2CC(C)CC(C)C2)cnn1-c1ccccc1F. The number of hydrogen-bond acceptors (Lipinski definition) is 3. The van der Waals surface area contributed by atoms with Gasteiger partial charge in [0.1, 0.15) is 11.5 Å². The van der Waals surface area contributed by atoms with Crippen LogP contribution in [0.15, 0.2) is 30.5 Å². The van der Waals surface area contributed by atoms with Crippen LogP contribution in [0.4, 0.5) is 4.39 Å². The summed E-state index contributed by atoms with van der Waals surface area (Å²) in [6.07, 6.45) is 2.77. The van der Waals surface area contributed by atoms with Crippen molar-refractivity contribution in [3.63, 3.8) is 0 Å². The van der Waals surface area contributed by atoms with Gasteiger partial charge < -0.3 is 5.32 Å². The van der Waals surface area contributed by atoms with E-state index < -0.39 is 0 Å². The normalized spacial score (nSPS) is 20.9. The van der Waals surface area contributed by atoms with Gasteiger partial charge in [-0.3, -0.25) is 9.69 Å². The fraction of sp³-hybridized carbons (Fsp3) is 0.545. The Balaban J connectivity index is 1.69. The Morgan fingerprint density at radius 3 is 2.54 bits per heavy atom. The van der Waals surface area contributed by atoms with E-state index in [4.69, 9.17) is 0 Å². The van der Waals surface area contributed by atoms with E-state index in [1.807, 2.05) is 0 Å². The van der Waals surface area contributed by atoms with Gasteiger partial charge in [0.2, 0.25) is 0 Å². The summed E-state index contributed by atoms with van der Waals surface area (Å²) in [5.74, 6) is 0.793. The lowest BCUT2D eigenvalue weighted by Crippen LogP contribution is -2.56. The minimum absolute atomic E-state index is 0.131. The van der Waals surface area contributed by atoms with Gasteiger partial charge in [0.25, 0.3) is 5.91 Å². The molecule has 6 heteroatoms. The number of para-hydroxylation sites is 1. The van der Waals surface area contributed by atoms with Crippen LogP contribution in [0.3, 0.4) is 0 Å². The third-order valence-corrected chi connectivity index (χ3v) is 5.74. The van der Waals surface area contributed by atoms with Crippen molar-refractivity contribution < 1.29 is 9.18 Å². The highest BCUT2D eigenvalue weighted by molar-refractivity contribution is 5.95. The highest BCUT2D eigenvalue weighted by Crippen LogP contribution is 2.27.